The Morgan fingerprint density at radius 3 is 2.85 bits per heavy atom. The van der Waals surface area contributed by atoms with Crippen molar-refractivity contribution in [3.63, 3.8) is 0 Å². The lowest BCUT2D eigenvalue weighted by atomic mass is 9.93. The van der Waals surface area contributed by atoms with Gasteiger partial charge in [-0.15, -0.1) is 12.4 Å². The van der Waals surface area contributed by atoms with E-state index < -0.39 is 0 Å². The molecule has 1 N–H and O–H groups in total. The first-order valence-corrected chi connectivity index (χ1v) is 4.56. The highest BCUT2D eigenvalue weighted by Crippen LogP contribution is 2.18. The van der Waals surface area contributed by atoms with E-state index in [1.165, 1.54) is 25.0 Å². The maximum atomic E-state index is 4.12. The molecule has 0 aromatic carbocycles. The number of rotatable bonds is 3. The summed E-state index contributed by atoms with van der Waals surface area (Å²) in [5, 5.41) is 7.62. The highest BCUT2D eigenvalue weighted by atomic mass is 35.5. The van der Waals surface area contributed by atoms with E-state index in [1.54, 1.807) is 0 Å². The summed E-state index contributed by atoms with van der Waals surface area (Å²) < 4.78 is 1.92. The van der Waals surface area contributed by atoms with Crippen molar-refractivity contribution in [2.45, 2.75) is 31.8 Å². The van der Waals surface area contributed by atoms with Crippen molar-refractivity contribution in [2.75, 3.05) is 0 Å². The van der Waals surface area contributed by atoms with E-state index in [0.717, 1.165) is 12.6 Å². The van der Waals surface area contributed by atoms with Gasteiger partial charge in [0.2, 0.25) is 0 Å². The fourth-order valence-corrected chi connectivity index (χ4v) is 1.44. The van der Waals surface area contributed by atoms with Gasteiger partial charge >= 0.3 is 0 Å². The number of aromatic nitrogens is 2. The van der Waals surface area contributed by atoms with E-state index >= 15 is 0 Å². The Kier molecular flexibility index (Phi) is 3.75. The average molecular weight is 202 g/mol. The Balaban J connectivity index is 0.000000845. The molecule has 0 aliphatic heterocycles. The van der Waals surface area contributed by atoms with Crippen LogP contribution in [-0.2, 0) is 13.6 Å². The molecule has 0 amide bonds. The minimum absolute atomic E-state index is 0. The molecule has 74 valence electrons. The van der Waals surface area contributed by atoms with Crippen LogP contribution in [0.1, 0.15) is 25.0 Å². The van der Waals surface area contributed by atoms with Crippen LogP contribution >= 0.6 is 12.4 Å². The lowest BCUT2D eigenvalue weighted by Crippen LogP contribution is -2.34. The second kappa shape index (κ2) is 4.63. The molecule has 13 heavy (non-hydrogen) atoms. The summed E-state index contributed by atoms with van der Waals surface area (Å²) in [5.41, 5.74) is 1.27. The predicted molar refractivity (Wildman–Crippen MR) is 54.9 cm³/mol. The number of aryl methyl sites for hydroxylation is 1. The largest absolute Gasteiger partial charge is 0.308 e. The summed E-state index contributed by atoms with van der Waals surface area (Å²) in [6.45, 7) is 0.959. The molecule has 1 aromatic rings. The van der Waals surface area contributed by atoms with Crippen molar-refractivity contribution in [1.29, 1.82) is 0 Å². The van der Waals surface area contributed by atoms with Gasteiger partial charge < -0.3 is 5.32 Å². The first-order valence-electron chi connectivity index (χ1n) is 4.56. The van der Waals surface area contributed by atoms with Crippen molar-refractivity contribution in [2.24, 2.45) is 7.05 Å². The molecule has 1 saturated carbocycles. The summed E-state index contributed by atoms with van der Waals surface area (Å²) in [7, 11) is 1.98. The van der Waals surface area contributed by atoms with Gasteiger partial charge in [0.25, 0.3) is 0 Å². The van der Waals surface area contributed by atoms with Crippen LogP contribution in [0.25, 0.3) is 0 Å². The van der Waals surface area contributed by atoms with Crippen molar-refractivity contribution in [3.8, 4) is 0 Å². The topological polar surface area (TPSA) is 29.9 Å². The molecule has 0 spiro atoms. The third-order valence-electron chi connectivity index (χ3n) is 2.60. The van der Waals surface area contributed by atoms with Crippen LogP contribution in [0.5, 0.6) is 0 Å². The average Bonchev–Trinajstić information content (AvgIpc) is 2.33. The van der Waals surface area contributed by atoms with Crippen molar-refractivity contribution in [1.82, 2.24) is 15.1 Å². The van der Waals surface area contributed by atoms with Crippen LogP contribution < -0.4 is 5.32 Å². The molecule has 1 aromatic heterocycles. The second-order valence-corrected chi connectivity index (χ2v) is 3.45. The zero-order valence-electron chi connectivity index (χ0n) is 7.86. The zero-order chi connectivity index (χ0) is 8.39. The molecule has 4 heteroatoms. The Hall–Kier alpha value is -0.540. The third-order valence-corrected chi connectivity index (χ3v) is 2.60. The van der Waals surface area contributed by atoms with Gasteiger partial charge in [-0.1, -0.05) is 6.42 Å². The van der Waals surface area contributed by atoms with Gasteiger partial charge in [-0.3, -0.25) is 4.68 Å². The summed E-state index contributed by atoms with van der Waals surface area (Å²) in [6.07, 6.45) is 5.93. The summed E-state index contributed by atoms with van der Waals surface area (Å²) >= 11 is 0. The molecule has 1 heterocycles. The molecule has 1 aliphatic rings. The summed E-state index contributed by atoms with van der Waals surface area (Å²) in [5.74, 6) is 0. The lowest BCUT2D eigenvalue weighted by Gasteiger charge is -2.26. The highest BCUT2D eigenvalue weighted by molar-refractivity contribution is 5.85. The van der Waals surface area contributed by atoms with Gasteiger partial charge in [-0.2, -0.15) is 5.10 Å². The zero-order valence-corrected chi connectivity index (χ0v) is 8.68. The molecule has 0 saturated heterocycles. The minimum Gasteiger partial charge on any atom is -0.308 e. The Morgan fingerprint density at radius 1 is 1.62 bits per heavy atom. The normalized spacial score (nSPS) is 16.4. The SMILES string of the molecule is Cl.Cn1nccc1CNC1CCC1. The van der Waals surface area contributed by atoms with Crippen LogP contribution in [0.4, 0.5) is 0 Å². The molecule has 2 rings (SSSR count). The summed E-state index contributed by atoms with van der Waals surface area (Å²) in [4.78, 5) is 0. The van der Waals surface area contributed by atoms with Gasteiger partial charge in [0.1, 0.15) is 0 Å². The molecule has 1 aliphatic carbocycles. The van der Waals surface area contributed by atoms with Gasteiger partial charge in [-0.25, -0.2) is 0 Å². The fraction of sp³-hybridized carbons (Fsp3) is 0.667. The highest BCUT2D eigenvalue weighted by Gasteiger charge is 2.16. The number of halogens is 1. The molecule has 3 nitrogen and oxygen atoms in total. The van der Waals surface area contributed by atoms with Crippen molar-refractivity contribution < 1.29 is 0 Å². The van der Waals surface area contributed by atoms with E-state index in [9.17, 15) is 0 Å². The van der Waals surface area contributed by atoms with Crippen LogP contribution in [0, 0.1) is 0 Å². The maximum Gasteiger partial charge on any atom is 0.0518 e. The lowest BCUT2D eigenvalue weighted by molar-refractivity contribution is 0.335. The fourth-order valence-electron chi connectivity index (χ4n) is 1.44. The molecular formula is C9H16ClN3. The molecular weight excluding hydrogens is 186 g/mol. The monoisotopic (exact) mass is 201 g/mol. The minimum atomic E-state index is 0. The van der Waals surface area contributed by atoms with Gasteiger partial charge in [0.15, 0.2) is 0 Å². The summed E-state index contributed by atoms with van der Waals surface area (Å²) in [6, 6.07) is 2.82. The molecule has 1 fully saturated rings. The first kappa shape index (κ1) is 10.5. The van der Waals surface area contributed by atoms with E-state index in [0.29, 0.717) is 0 Å². The van der Waals surface area contributed by atoms with Crippen LogP contribution in [0.2, 0.25) is 0 Å². The van der Waals surface area contributed by atoms with Crippen LogP contribution in [0.15, 0.2) is 12.3 Å². The van der Waals surface area contributed by atoms with Gasteiger partial charge in [0, 0.05) is 25.8 Å². The number of hydrogen-bond acceptors (Lipinski definition) is 2. The number of nitrogens with zero attached hydrogens (tertiary/aromatic N) is 2. The van der Waals surface area contributed by atoms with E-state index in [-0.39, 0.29) is 12.4 Å². The predicted octanol–water partition coefficient (Wildman–Crippen LogP) is 1.48. The number of hydrogen-bond donors (Lipinski definition) is 1. The van der Waals surface area contributed by atoms with Crippen molar-refractivity contribution in [3.05, 3.63) is 18.0 Å². The van der Waals surface area contributed by atoms with Crippen LogP contribution in [-0.4, -0.2) is 15.8 Å². The maximum absolute atomic E-state index is 4.12. The first-order chi connectivity index (χ1) is 5.86. The van der Waals surface area contributed by atoms with E-state index in [1.807, 2.05) is 17.9 Å². The van der Waals surface area contributed by atoms with Gasteiger partial charge in [-0.05, 0) is 18.9 Å². The smallest absolute Gasteiger partial charge is 0.0518 e. The number of nitrogens with one attached hydrogen (secondary N) is 1. The van der Waals surface area contributed by atoms with Gasteiger partial charge in [0.05, 0.1) is 5.69 Å². The second-order valence-electron chi connectivity index (χ2n) is 3.45. The third kappa shape index (κ3) is 2.45. The standard InChI is InChI=1S/C9H15N3.ClH/c1-12-9(5-6-11-12)7-10-8-3-2-4-8;/h5-6,8,10H,2-4,7H2,1H3;1H. The molecule has 0 unspecified atom stereocenters. The van der Waals surface area contributed by atoms with E-state index in [4.69, 9.17) is 0 Å². The van der Waals surface area contributed by atoms with E-state index in [2.05, 4.69) is 16.5 Å². The van der Waals surface area contributed by atoms with Crippen molar-refractivity contribution >= 4 is 12.4 Å². The Morgan fingerprint density at radius 2 is 2.38 bits per heavy atom. The van der Waals surface area contributed by atoms with Crippen LogP contribution in [0.3, 0.4) is 0 Å². The quantitative estimate of drug-likeness (QED) is 0.803. The molecule has 0 bridgehead atoms. The Bertz CT molecular complexity index is 255. The Labute approximate surface area is 84.9 Å². The molecule has 0 atom stereocenters. The molecule has 0 radical (unpaired) electrons.